The van der Waals surface area contributed by atoms with Crippen LogP contribution >= 0.6 is 0 Å². The van der Waals surface area contributed by atoms with E-state index in [1.807, 2.05) is 13.0 Å². The van der Waals surface area contributed by atoms with Gasteiger partial charge in [-0.05, 0) is 30.2 Å². The minimum Gasteiger partial charge on any atom is -0.378 e. The first-order chi connectivity index (χ1) is 8.65. The molecular formula is C14H20FNO2. The van der Waals surface area contributed by atoms with Crippen LogP contribution in [0.15, 0.2) is 18.2 Å². The molecule has 1 atom stereocenters. The van der Waals surface area contributed by atoms with Gasteiger partial charge in [-0.25, -0.2) is 4.39 Å². The van der Waals surface area contributed by atoms with Gasteiger partial charge in [0.15, 0.2) is 0 Å². The van der Waals surface area contributed by atoms with Crippen molar-refractivity contribution in [1.29, 1.82) is 0 Å². The molecule has 1 saturated heterocycles. The number of halogens is 1. The number of rotatable bonds is 5. The Labute approximate surface area is 107 Å². The van der Waals surface area contributed by atoms with Gasteiger partial charge in [0.25, 0.3) is 0 Å². The number of benzene rings is 1. The molecule has 1 unspecified atom stereocenters. The van der Waals surface area contributed by atoms with E-state index in [4.69, 9.17) is 9.47 Å². The van der Waals surface area contributed by atoms with Crippen molar-refractivity contribution in [3.05, 3.63) is 35.1 Å². The van der Waals surface area contributed by atoms with Crippen molar-refractivity contribution in [2.45, 2.75) is 25.5 Å². The van der Waals surface area contributed by atoms with Crippen molar-refractivity contribution in [1.82, 2.24) is 5.32 Å². The second-order valence-corrected chi connectivity index (χ2v) is 4.86. The van der Waals surface area contributed by atoms with Gasteiger partial charge in [0, 0.05) is 33.2 Å². The van der Waals surface area contributed by atoms with Gasteiger partial charge in [-0.2, -0.15) is 0 Å². The number of nitrogens with one attached hydrogen (secondary N) is 1. The monoisotopic (exact) mass is 253 g/mol. The Balaban J connectivity index is 1.88. The zero-order chi connectivity index (χ0) is 13.0. The predicted molar refractivity (Wildman–Crippen MR) is 68.0 cm³/mol. The maximum absolute atomic E-state index is 13.0. The van der Waals surface area contributed by atoms with Gasteiger partial charge in [-0.3, -0.25) is 0 Å². The lowest BCUT2D eigenvalue weighted by molar-refractivity contribution is -0.0159. The highest BCUT2D eigenvalue weighted by molar-refractivity contribution is 5.26. The number of aryl methyl sites for hydroxylation is 1. The zero-order valence-electron chi connectivity index (χ0n) is 11.0. The van der Waals surface area contributed by atoms with Gasteiger partial charge in [-0.1, -0.05) is 6.07 Å². The third-order valence-electron chi connectivity index (χ3n) is 3.57. The zero-order valence-corrected chi connectivity index (χ0v) is 11.0. The minimum atomic E-state index is -0.200. The van der Waals surface area contributed by atoms with Crippen LogP contribution in [-0.2, 0) is 16.0 Å². The van der Waals surface area contributed by atoms with Crippen LogP contribution in [0.2, 0.25) is 0 Å². The lowest BCUT2D eigenvalue weighted by Crippen LogP contribution is -2.42. The van der Waals surface area contributed by atoms with E-state index in [-0.39, 0.29) is 11.4 Å². The Morgan fingerprint density at radius 1 is 1.50 bits per heavy atom. The summed E-state index contributed by atoms with van der Waals surface area (Å²) < 4.78 is 23.9. The molecule has 1 N–H and O–H groups in total. The lowest BCUT2D eigenvalue weighted by Gasteiger charge is -2.26. The van der Waals surface area contributed by atoms with Crippen LogP contribution in [0.3, 0.4) is 0 Å². The summed E-state index contributed by atoms with van der Waals surface area (Å²) in [5, 5.41) is 3.37. The van der Waals surface area contributed by atoms with Gasteiger partial charge in [0.2, 0.25) is 0 Å². The molecule has 0 spiro atoms. The molecule has 1 aromatic rings. The molecule has 0 amide bonds. The molecule has 0 aromatic heterocycles. The summed E-state index contributed by atoms with van der Waals surface area (Å²) in [5.41, 5.74) is 1.88. The highest BCUT2D eigenvalue weighted by Gasteiger charge is 2.34. The van der Waals surface area contributed by atoms with E-state index in [1.54, 1.807) is 13.2 Å². The molecule has 18 heavy (non-hydrogen) atoms. The van der Waals surface area contributed by atoms with Crippen molar-refractivity contribution in [2.24, 2.45) is 0 Å². The summed E-state index contributed by atoms with van der Waals surface area (Å²) in [4.78, 5) is 0. The minimum absolute atomic E-state index is 0.186. The molecule has 100 valence electrons. The highest BCUT2D eigenvalue weighted by Crippen LogP contribution is 2.21. The maximum Gasteiger partial charge on any atom is 0.123 e. The summed E-state index contributed by atoms with van der Waals surface area (Å²) >= 11 is 0. The third-order valence-corrected chi connectivity index (χ3v) is 3.57. The van der Waals surface area contributed by atoms with Crippen LogP contribution in [0.5, 0.6) is 0 Å². The Kier molecular flexibility index (Phi) is 4.32. The van der Waals surface area contributed by atoms with E-state index < -0.39 is 0 Å². The van der Waals surface area contributed by atoms with Crippen molar-refractivity contribution < 1.29 is 13.9 Å². The van der Waals surface area contributed by atoms with Crippen LogP contribution in [0.4, 0.5) is 4.39 Å². The van der Waals surface area contributed by atoms with Gasteiger partial charge in [0.1, 0.15) is 11.4 Å². The molecule has 1 aromatic carbocycles. The molecule has 3 nitrogen and oxygen atoms in total. The van der Waals surface area contributed by atoms with Crippen LogP contribution in [-0.4, -0.2) is 32.5 Å². The molecule has 2 rings (SSSR count). The molecule has 0 radical (unpaired) electrons. The van der Waals surface area contributed by atoms with Crippen molar-refractivity contribution >= 4 is 0 Å². The highest BCUT2D eigenvalue weighted by atomic mass is 19.1. The Morgan fingerprint density at radius 2 is 2.33 bits per heavy atom. The van der Waals surface area contributed by atoms with Crippen LogP contribution in [0, 0.1) is 12.7 Å². The predicted octanol–water partition coefficient (Wildman–Crippen LogP) is 2.03. The van der Waals surface area contributed by atoms with Gasteiger partial charge < -0.3 is 14.8 Å². The van der Waals surface area contributed by atoms with E-state index in [1.165, 1.54) is 6.07 Å². The first-order valence-corrected chi connectivity index (χ1v) is 6.24. The molecule has 1 aliphatic heterocycles. The summed E-state index contributed by atoms with van der Waals surface area (Å²) in [6.07, 6.45) is 0.916. The standard InChI is InChI=1S/C14H20FNO2/c1-11-7-13(15)4-3-12(11)8-16-9-14(17-2)5-6-18-10-14/h3-4,7,16H,5-6,8-10H2,1-2H3. The normalized spacial score (nSPS) is 23.5. The second-order valence-electron chi connectivity index (χ2n) is 4.86. The smallest absolute Gasteiger partial charge is 0.123 e. The Bertz CT molecular complexity index is 403. The quantitative estimate of drug-likeness (QED) is 0.871. The number of hydrogen-bond donors (Lipinski definition) is 1. The molecule has 4 heteroatoms. The lowest BCUT2D eigenvalue weighted by atomic mass is 10.0. The number of ether oxygens (including phenoxy) is 2. The molecule has 1 aliphatic rings. The Hall–Kier alpha value is -0.970. The summed E-state index contributed by atoms with van der Waals surface area (Å²) in [6.45, 7) is 4.78. The van der Waals surface area contributed by atoms with Gasteiger partial charge in [-0.15, -0.1) is 0 Å². The van der Waals surface area contributed by atoms with Crippen molar-refractivity contribution in [3.63, 3.8) is 0 Å². The Morgan fingerprint density at radius 3 is 2.94 bits per heavy atom. The maximum atomic E-state index is 13.0. The molecule has 0 bridgehead atoms. The molecule has 1 heterocycles. The summed E-state index contributed by atoms with van der Waals surface area (Å²) in [7, 11) is 1.72. The van der Waals surface area contributed by atoms with E-state index in [0.717, 1.165) is 37.2 Å². The third kappa shape index (κ3) is 3.07. The topological polar surface area (TPSA) is 30.5 Å². The van der Waals surface area contributed by atoms with Crippen LogP contribution in [0.1, 0.15) is 17.5 Å². The second kappa shape index (κ2) is 5.78. The molecule has 1 fully saturated rings. The summed E-state index contributed by atoms with van der Waals surface area (Å²) in [5.74, 6) is -0.186. The van der Waals surface area contributed by atoms with Crippen molar-refractivity contribution in [3.8, 4) is 0 Å². The average molecular weight is 253 g/mol. The summed E-state index contributed by atoms with van der Waals surface area (Å²) in [6, 6.07) is 4.87. The number of hydrogen-bond acceptors (Lipinski definition) is 3. The van der Waals surface area contributed by atoms with Crippen LogP contribution < -0.4 is 5.32 Å². The fourth-order valence-electron chi connectivity index (χ4n) is 2.24. The largest absolute Gasteiger partial charge is 0.378 e. The van der Waals surface area contributed by atoms with E-state index in [2.05, 4.69) is 5.32 Å². The first-order valence-electron chi connectivity index (χ1n) is 6.24. The molecular weight excluding hydrogens is 233 g/mol. The van der Waals surface area contributed by atoms with Crippen molar-refractivity contribution in [2.75, 3.05) is 26.9 Å². The fourth-order valence-corrected chi connectivity index (χ4v) is 2.24. The SMILES string of the molecule is COC1(CNCc2ccc(F)cc2C)CCOC1. The van der Waals surface area contributed by atoms with Gasteiger partial charge in [0.05, 0.1) is 6.61 Å². The first kappa shape index (κ1) is 13.5. The van der Waals surface area contributed by atoms with E-state index in [9.17, 15) is 4.39 Å². The van der Waals surface area contributed by atoms with E-state index >= 15 is 0 Å². The average Bonchev–Trinajstić information content (AvgIpc) is 2.81. The number of methoxy groups -OCH3 is 1. The molecule has 0 aliphatic carbocycles. The van der Waals surface area contributed by atoms with Gasteiger partial charge >= 0.3 is 0 Å². The van der Waals surface area contributed by atoms with Crippen LogP contribution in [0.25, 0.3) is 0 Å². The fraction of sp³-hybridized carbons (Fsp3) is 0.571. The molecule has 0 saturated carbocycles. The van der Waals surface area contributed by atoms with E-state index in [0.29, 0.717) is 6.61 Å².